The highest BCUT2D eigenvalue weighted by Gasteiger charge is 2.29. The fourth-order valence-corrected chi connectivity index (χ4v) is 4.31. The molecule has 1 atom stereocenters. The Bertz CT molecular complexity index is 1200. The van der Waals surface area contributed by atoms with Crippen LogP contribution in [0.1, 0.15) is 27.3 Å². The molecule has 2 N–H and O–H groups in total. The lowest BCUT2D eigenvalue weighted by molar-refractivity contribution is 0.0653. The van der Waals surface area contributed by atoms with Gasteiger partial charge >= 0.3 is 0 Å². The predicted octanol–water partition coefficient (Wildman–Crippen LogP) is 3.13. The number of piperazine rings is 1. The van der Waals surface area contributed by atoms with E-state index >= 15 is 0 Å². The number of nitrogens with one attached hydrogen (secondary N) is 2. The Morgan fingerprint density at radius 2 is 1.94 bits per heavy atom. The molecule has 0 saturated carbocycles. The Morgan fingerprint density at radius 3 is 2.76 bits per heavy atom. The first-order chi connectivity index (χ1) is 16.0. The second-order valence-corrected chi connectivity index (χ2v) is 8.80. The van der Waals surface area contributed by atoms with E-state index in [0.717, 1.165) is 24.0 Å². The number of aromatic amines is 1. The van der Waals surface area contributed by atoms with Crippen LogP contribution in [-0.2, 0) is 0 Å². The van der Waals surface area contributed by atoms with Crippen molar-refractivity contribution < 1.29 is 19.1 Å². The molecule has 0 spiro atoms. The predicted molar refractivity (Wildman–Crippen MR) is 125 cm³/mol. The molecule has 33 heavy (non-hydrogen) atoms. The number of carbonyl (C=O) groups is 2. The molecule has 1 unspecified atom stereocenters. The van der Waals surface area contributed by atoms with Gasteiger partial charge in [0.1, 0.15) is 5.69 Å². The van der Waals surface area contributed by atoms with Gasteiger partial charge in [-0.05, 0) is 43.4 Å². The third kappa shape index (κ3) is 4.49. The van der Waals surface area contributed by atoms with Gasteiger partial charge in [-0.1, -0.05) is 17.7 Å². The average molecular weight is 469 g/mol. The first-order valence-corrected chi connectivity index (χ1v) is 11.3. The minimum Gasteiger partial charge on any atom is -0.489 e. The maximum absolute atomic E-state index is 13.2. The standard InChI is InChI=1S/C24H25ClN4O4/c1-28-8-10-29(11-9-28)24(31)17-3-2-4-20-22(17)33-21(7-12-32-20)27-23(30)19-14-15-13-16(25)5-6-18(15)26-19/h2-6,13-14,21,26H,7-12H2,1H3,(H,27,30). The number of carbonyl (C=O) groups excluding carboxylic acids is 2. The topological polar surface area (TPSA) is 86.9 Å². The van der Waals surface area contributed by atoms with E-state index in [2.05, 4.69) is 15.2 Å². The number of hydrogen-bond acceptors (Lipinski definition) is 5. The van der Waals surface area contributed by atoms with Crippen molar-refractivity contribution in [1.82, 2.24) is 20.1 Å². The van der Waals surface area contributed by atoms with Crippen molar-refractivity contribution in [3.05, 3.63) is 58.7 Å². The molecule has 2 amide bonds. The van der Waals surface area contributed by atoms with Gasteiger partial charge in [0, 0.05) is 48.5 Å². The third-order valence-corrected chi connectivity index (χ3v) is 6.25. The minimum absolute atomic E-state index is 0.0944. The zero-order chi connectivity index (χ0) is 22.9. The van der Waals surface area contributed by atoms with E-state index in [1.54, 1.807) is 36.4 Å². The Balaban J connectivity index is 1.35. The van der Waals surface area contributed by atoms with E-state index in [1.165, 1.54) is 0 Å². The number of rotatable bonds is 3. The number of nitrogens with zero attached hydrogens (tertiary/aromatic N) is 2. The Morgan fingerprint density at radius 1 is 1.12 bits per heavy atom. The normalized spacial score (nSPS) is 18.7. The van der Waals surface area contributed by atoms with Crippen LogP contribution in [0.15, 0.2) is 42.5 Å². The average Bonchev–Trinajstić information content (AvgIpc) is 3.12. The summed E-state index contributed by atoms with van der Waals surface area (Å²) in [6.45, 7) is 3.32. The number of hydrogen-bond donors (Lipinski definition) is 2. The number of amides is 2. The quantitative estimate of drug-likeness (QED) is 0.616. The van der Waals surface area contributed by atoms with Gasteiger partial charge in [0.05, 0.1) is 12.2 Å². The van der Waals surface area contributed by atoms with Crippen LogP contribution in [0.5, 0.6) is 11.5 Å². The highest BCUT2D eigenvalue weighted by Crippen LogP contribution is 2.35. The van der Waals surface area contributed by atoms with Crippen molar-refractivity contribution in [3.8, 4) is 11.5 Å². The van der Waals surface area contributed by atoms with Crippen LogP contribution in [-0.4, -0.2) is 72.7 Å². The molecular formula is C24H25ClN4O4. The summed E-state index contributed by atoms with van der Waals surface area (Å²) in [6, 6.07) is 12.5. The first kappa shape index (κ1) is 21.6. The Kier molecular flexibility index (Phi) is 5.86. The summed E-state index contributed by atoms with van der Waals surface area (Å²) in [5.74, 6) is 0.473. The number of ether oxygens (including phenoxy) is 2. The molecule has 0 radical (unpaired) electrons. The molecule has 8 nitrogen and oxygen atoms in total. The smallest absolute Gasteiger partial charge is 0.270 e. The molecule has 0 aliphatic carbocycles. The lowest BCUT2D eigenvalue weighted by atomic mass is 10.1. The molecule has 2 aromatic carbocycles. The van der Waals surface area contributed by atoms with Crippen LogP contribution in [0.2, 0.25) is 5.02 Å². The zero-order valence-corrected chi connectivity index (χ0v) is 19.0. The maximum atomic E-state index is 13.2. The summed E-state index contributed by atoms with van der Waals surface area (Å²) in [7, 11) is 2.04. The Hall–Kier alpha value is -3.23. The number of halogens is 1. The number of para-hydroxylation sites is 1. The fraction of sp³-hybridized carbons (Fsp3) is 0.333. The van der Waals surface area contributed by atoms with E-state index < -0.39 is 6.23 Å². The Labute approximate surface area is 196 Å². The van der Waals surface area contributed by atoms with E-state index in [-0.39, 0.29) is 11.8 Å². The lowest BCUT2D eigenvalue weighted by Crippen LogP contribution is -2.47. The third-order valence-electron chi connectivity index (χ3n) is 6.02. The minimum atomic E-state index is -0.643. The van der Waals surface area contributed by atoms with Crippen molar-refractivity contribution in [3.63, 3.8) is 0 Å². The van der Waals surface area contributed by atoms with Gasteiger partial charge < -0.3 is 29.6 Å². The molecule has 2 aliphatic heterocycles. The maximum Gasteiger partial charge on any atom is 0.270 e. The summed E-state index contributed by atoms with van der Waals surface area (Å²) in [5.41, 5.74) is 1.67. The van der Waals surface area contributed by atoms with Crippen LogP contribution in [0.25, 0.3) is 10.9 Å². The summed E-state index contributed by atoms with van der Waals surface area (Å²) >= 11 is 6.05. The van der Waals surface area contributed by atoms with Crippen LogP contribution >= 0.6 is 11.6 Å². The fourth-order valence-electron chi connectivity index (χ4n) is 4.13. The van der Waals surface area contributed by atoms with Crippen molar-refractivity contribution in [2.24, 2.45) is 0 Å². The van der Waals surface area contributed by atoms with Gasteiger partial charge in [0.15, 0.2) is 17.7 Å². The molecule has 5 rings (SSSR count). The highest BCUT2D eigenvalue weighted by molar-refractivity contribution is 6.31. The van der Waals surface area contributed by atoms with Gasteiger partial charge in [-0.3, -0.25) is 9.59 Å². The first-order valence-electron chi connectivity index (χ1n) is 11.0. The second-order valence-electron chi connectivity index (χ2n) is 8.36. The van der Waals surface area contributed by atoms with E-state index in [0.29, 0.717) is 53.9 Å². The SMILES string of the molecule is CN1CCN(C(=O)c2cccc3c2OC(NC(=O)c2cc4cc(Cl)ccc4[nH]2)CCO3)CC1. The molecule has 3 aromatic rings. The van der Waals surface area contributed by atoms with Gasteiger partial charge in [-0.2, -0.15) is 0 Å². The van der Waals surface area contributed by atoms with E-state index in [9.17, 15) is 9.59 Å². The van der Waals surface area contributed by atoms with E-state index in [1.807, 2.05) is 18.0 Å². The number of aromatic nitrogens is 1. The summed E-state index contributed by atoms with van der Waals surface area (Å²) in [5, 5.41) is 4.36. The molecule has 172 valence electrons. The second kappa shape index (κ2) is 8.96. The van der Waals surface area contributed by atoms with Crippen molar-refractivity contribution in [2.75, 3.05) is 39.8 Å². The molecule has 0 bridgehead atoms. The number of H-pyrrole nitrogens is 1. The van der Waals surface area contributed by atoms with Gasteiger partial charge in [0.25, 0.3) is 11.8 Å². The summed E-state index contributed by atoms with van der Waals surface area (Å²) in [4.78, 5) is 33.3. The van der Waals surface area contributed by atoms with Gasteiger partial charge in [-0.25, -0.2) is 0 Å². The summed E-state index contributed by atoms with van der Waals surface area (Å²) < 4.78 is 12.0. The van der Waals surface area contributed by atoms with Crippen LogP contribution in [0.3, 0.4) is 0 Å². The lowest BCUT2D eigenvalue weighted by Gasteiger charge is -2.33. The van der Waals surface area contributed by atoms with Crippen molar-refractivity contribution in [2.45, 2.75) is 12.6 Å². The van der Waals surface area contributed by atoms with Crippen LogP contribution < -0.4 is 14.8 Å². The molecule has 3 heterocycles. The van der Waals surface area contributed by atoms with Crippen LogP contribution in [0.4, 0.5) is 0 Å². The molecule has 1 fully saturated rings. The molecule has 1 aromatic heterocycles. The van der Waals surface area contributed by atoms with E-state index in [4.69, 9.17) is 21.1 Å². The van der Waals surface area contributed by atoms with Gasteiger partial charge in [0.2, 0.25) is 0 Å². The highest BCUT2D eigenvalue weighted by atomic mass is 35.5. The number of benzene rings is 2. The van der Waals surface area contributed by atoms with Crippen molar-refractivity contribution >= 4 is 34.3 Å². The summed E-state index contributed by atoms with van der Waals surface area (Å²) in [6.07, 6.45) is -0.204. The molecule has 1 saturated heterocycles. The largest absolute Gasteiger partial charge is 0.489 e. The molecule has 9 heteroatoms. The van der Waals surface area contributed by atoms with Crippen molar-refractivity contribution in [1.29, 1.82) is 0 Å². The monoisotopic (exact) mass is 468 g/mol. The number of likely N-dealkylation sites (N-methyl/N-ethyl adjacent to an activating group) is 1. The zero-order valence-electron chi connectivity index (χ0n) is 18.3. The number of fused-ring (bicyclic) bond motifs is 2. The molecule has 2 aliphatic rings. The molecular weight excluding hydrogens is 444 g/mol. The van der Waals surface area contributed by atoms with Crippen LogP contribution in [0, 0.1) is 0 Å². The van der Waals surface area contributed by atoms with Gasteiger partial charge in [-0.15, -0.1) is 0 Å².